The van der Waals surface area contributed by atoms with Gasteiger partial charge in [0.25, 0.3) is 0 Å². The minimum Gasteiger partial charge on any atom is -0.422 e. The molecule has 1 fully saturated rings. The van der Waals surface area contributed by atoms with Gasteiger partial charge in [0.15, 0.2) is 0 Å². The summed E-state index contributed by atoms with van der Waals surface area (Å²) in [6, 6.07) is 6.61. The highest BCUT2D eigenvalue weighted by atomic mass is 16.4. The van der Waals surface area contributed by atoms with Crippen LogP contribution < -0.4 is 5.63 Å². The van der Waals surface area contributed by atoms with Gasteiger partial charge in [-0.2, -0.15) is 0 Å². The van der Waals surface area contributed by atoms with Gasteiger partial charge in [0.2, 0.25) is 0 Å². The van der Waals surface area contributed by atoms with E-state index in [1.807, 2.05) is 6.92 Å². The Morgan fingerprint density at radius 3 is 2.55 bits per heavy atom. The molecule has 0 N–H and O–H groups in total. The summed E-state index contributed by atoms with van der Waals surface area (Å²) in [6.07, 6.45) is 5.26. The fourth-order valence-electron chi connectivity index (χ4n) is 3.83. The highest BCUT2D eigenvalue weighted by Crippen LogP contribution is 2.30. The van der Waals surface area contributed by atoms with E-state index in [2.05, 4.69) is 33.2 Å². The molecule has 0 aliphatic heterocycles. The van der Waals surface area contributed by atoms with Gasteiger partial charge in [-0.05, 0) is 50.7 Å². The number of fused-ring (bicyclic) bond motifs is 1. The lowest BCUT2D eigenvalue weighted by molar-refractivity contribution is -0.927. The zero-order valence-corrected chi connectivity index (χ0v) is 14.1. The van der Waals surface area contributed by atoms with Crippen molar-refractivity contribution in [2.75, 3.05) is 14.1 Å². The van der Waals surface area contributed by atoms with Gasteiger partial charge >= 0.3 is 5.63 Å². The van der Waals surface area contributed by atoms with E-state index >= 15 is 0 Å². The first-order chi connectivity index (χ1) is 10.4. The Bertz CT molecular complexity index is 752. The molecule has 0 saturated heterocycles. The number of hydrogen-bond donors (Lipinski definition) is 0. The Labute approximate surface area is 132 Å². The maximum Gasteiger partial charge on any atom is 0.336 e. The molecule has 3 rings (SSSR count). The Morgan fingerprint density at radius 1 is 1.18 bits per heavy atom. The van der Waals surface area contributed by atoms with Crippen molar-refractivity contribution in [1.29, 1.82) is 0 Å². The minimum absolute atomic E-state index is 0.234. The van der Waals surface area contributed by atoms with E-state index in [-0.39, 0.29) is 5.63 Å². The second kappa shape index (κ2) is 5.54. The van der Waals surface area contributed by atoms with E-state index < -0.39 is 0 Å². The van der Waals surface area contributed by atoms with Crippen molar-refractivity contribution in [1.82, 2.24) is 0 Å². The number of rotatable bonds is 3. The molecular weight excluding hydrogens is 274 g/mol. The maximum absolute atomic E-state index is 12.0. The summed E-state index contributed by atoms with van der Waals surface area (Å²) in [7, 11) is 4.58. The van der Waals surface area contributed by atoms with Gasteiger partial charge in [-0.25, -0.2) is 4.79 Å². The van der Waals surface area contributed by atoms with Crippen LogP contribution in [0.4, 0.5) is 0 Å². The molecular formula is C19H26NO2+. The van der Waals surface area contributed by atoms with Crippen molar-refractivity contribution < 1.29 is 8.90 Å². The van der Waals surface area contributed by atoms with Crippen LogP contribution in [0.1, 0.15) is 42.4 Å². The first kappa shape index (κ1) is 15.3. The Hall–Kier alpha value is -1.61. The van der Waals surface area contributed by atoms with Crippen LogP contribution in [-0.4, -0.2) is 24.6 Å². The largest absolute Gasteiger partial charge is 0.422 e. The third-order valence-corrected chi connectivity index (χ3v) is 5.41. The predicted octanol–water partition coefficient (Wildman–Crippen LogP) is 3.93. The van der Waals surface area contributed by atoms with Crippen LogP contribution in [0.5, 0.6) is 0 Å². The summed E-state index contributed by atoms with van der Waals surface area (Å²) in [4.78, 5) is 12.0. The number of aryl methyl sites for hydroxylation is 2. The standard InChI is InChI=1S/C19H26NO2/c1-13-9-10-17-15(11-18(21)22-19(17)14(13)2)12-20(3,4)16-7-5-6-8-16/h9-11,16H,5-8,12H2,1-4H3/q+1. The zero-order chi connectivity index (χ0) is 15.9. The van der Waals surface area contributed by atoms with Crippen LogP contribution in [0.3, 0.4) is 0 Å². The topological polar surface area (TPSA) is 30.2 Å². The van der Waals surface area contributed by atoms with Crippen LogP contribution >= 0.6 is 0 Å². The molecule has 22 heavy (non-hydrogen) atoms. The Morgan fingerprint density at radius 2 is 1.86 bits per heavy atom. The SMILES string of the molecule is Cc1ccc2c(C[N+](C)(C)C3CCCC3)cc(=O)oc2c1C. The number of benzene rings is 1. The fourth-order valence-corrected chi connectivity index (χ4v) is 3.83. The van der Waals surface area contributed by atoms with Gasteiger partial charge in [-0.3, -0.25) is 0 Å². The Kier molecular flexibility index (Phi) is 3.85. The molecule has 0 bridgehead atoms. The number of nitrogens with zero attached hydrogens (tertiary/aromatic N) is 1. The first-order valence-electron chi connectivity index (χ1n) is 8.24. The van der Waals surface area contributed by atoms with Crippen molar-refractivity contribution >= 4 is 11.0 Å². The normalized spacial score (nSPS) is 16.5. The predicted molar refractivity (Wildman–Crippen MR) is 90.0 cm³/mol. The minimum atomic E-state index is -0.234. The van der Waals surface area contributed by atoms with Crippen molar-refractivity contribution in [2.24, 2.45) is 0 Å². The summed E-state index contributed by atoms with van der Waals surface area (Å²) in [5.41, 5.74) is 3.88. The maximum atomic E-state index is 12.0. The van der Waals surface area contributed by atoms with Gasteiger partial charge in [0, 0.05) is 17.0 Å². The summed E-state index contributed by atoms with van der Waals surface area (Å²) >= 11 is 0. The van der Waals surface area contributed by atoms with Gasteiger partial charge in [0.05, 0.1) is 20.1 Å². The van der Waals surface area contributed by atoms with E-state index in [0.29, 0.717) is 6.04 Å². The molecule has 1 heterocycles. The summed E-state index contributed by atoms with van der Waals surface area (Å²) in [5.74, 6) is 0. The van der Waals surface area contributed by atoms with E-state index in [1.54, 1.807) is 6.07 Å². The molecule has 3 heteroatoms. The monoisotopic (exact) mass is 300 g/mol. The van der Waals surface area contributed by atoms with E-state index in [0.717, 1.165) is 38.7 Å². The van der Waals surface area contributed by atoms with Crippen molar-refractivity contribution in [3.63, 3.8) is 0 Å². The molecule has 3 nitrogen and oxygen atoms in total. The summed E-state index contributed by atoms with van der Waals surface area (Å²) in [5, 5.41) is 1.09. The molecule has 1 aliphatic rings. The summed E-state index contributed by atoms with van der Waals surface area (Å²) in [6.45, 7) is 4.97. The lowest BCUT2D eigenvalue weighted by atomic mass is 10.0. The highest BCUT2D eigenvalue weighted by molar-refractivity contribution is 5.83. The lowest BCUT2D eigenvalue weighted by Gasteiger charge is -2.36. The molecule has 0 atom stereocenters. The molecule has 0 spiro atoms. The van der Waals surface area contributed by atoms with E-state index in [4.69, 9.17) is 4.42 Å². The molecule has 118 valence electrons. The second-order valence-corrected chi connectivity index (χ2v) is 7.35. The van der Waals surface area contributed by atoms with Crippen LogP contribution in [-0.2, 0) is 6.54 Å². The average molecular weight is 300 g/mol. The van der Waals surface area contributed by atoms with Crippen LogP contribution in [0, 0.1) is 13.8 Å². The molecule has 1 aliphatic carbocycles. The summed E-state index contributed by atoms with van der Waals surface area (Å²) < 4.78 is 6.44. The van der Waals surface area contributed by atoms with Gasteiger partial charge in [0.1, 0.15) is 12.1 Å². The molecule has 1 saturated carbocycles. The van der Waals surface area contributed by atoms with Crippen molar-refractivity contribution in [2.45, 2.75) is 52.1 Å². The third kappa shape index (κ3) is 2.70. The number of quaternary nitrogens is 1. The van der Waals surface area contributed by atoms with Gasteiger partial charge in [-0.15, -0.1) is 0 Å². The quantitative estimate of drug-likeness (QED) is 0.635. The molecule has 0 unspecified atom stereocenters. The lowest BCUT2D eigenvalue weighted by Crippen LogP contribution is -2.46. The molecule has 0 radical (unpaired) electrons. The Balaban J connectivity index is 2.07. The smallest absolute Gasteiger partial charge is 0.336 e. The molecule has 1 aromatic heterocycles. The first-order valence-corrected chi connectivity index (χ1v) is 8.24. The van der Waals surface area contributed by atoms with Crippen LogP contribution in [0.2, 0.25) is 0 Å². The molecule has 2 aromatic rings. The van der Waals surface area contributed by atoms with E-state index in [9.17, 15) is 4.79 Å². The average Bonchev–Trinajstić information content (AvgIpc) is 2.98. The van der Waals surface area contributed by atoms with Crippen LogP contribution in [0.15, 0.2) is 27.4 Å². The van der Waals surface area contributed by atoms with Gasteiger partial charge < -0.3 is 8.90 Å². The van der Waals surface area contributed by atoms with Crippen LogP contribution in [0.25, 0.3) is 11.0 Å². The highest BCUT2D eigenvalue weighted by Gasteiger charge is 2.32. The van der Waals surface area contributed by atoms with Gasteiger partial charge in [-0.1, -0.05) is 12.1 Å². The van der Waals surface area contributed by atoms with E-state index in [1.165, 1.54) is 25.7 Å². The number of hydrogen-bond acceptors (Lipinski definition) is 2. The van der Waals surface area contributed by atoms with Crippen molar-refractivity contribution in [3.8, 4) is 0 Å². The van der Waals surface area contributed by atoms with Crippen molar-refractivity contribution in [3.05, 3.63) is 45.3 Å². The zero-order valence-electron chi connectivity index (χ0n) is 14.1. The molecule has 0 amide bonds. The third-order valence-electron chi connectivity index (χ3n) is 5.41. The molecule has 1 aromatic carbocycles. The second-order valence-electron chi connectivity index (χ2n) is 7.35. The fraction of sp³-hybridized carbons (Fsp3) is 0.526.